The summed E-state index contributed by atoms with van der Waals surface area (Å²) in [4.78, 5) is 22.3. The summed E-state index contributed by atoms with van der Waals surface area (Å²) in [5, 5.41) is 14.9. The van der Waals surface area contributed by atoms with Crippen LogP contribution in [0.1, 0.15) is 11.1 Å². The third-order valence-corrected chi connectivity index (χ3v) is 3.50. The lowest BCUT2D eigenvalue weighted by molar-refractivity contribution is -0.385. The molecule has 0 saturated carbocycles. The first-order valence-electron chi connectivity index (χ1n) is 7.86. The quantitative estimate of drug-likeness (QED) is 0.432. The van der Waals surface area contributed by atoms with Gasteiger partial charge in [0, 0.05) is 11.6 Å². The van der Waals surface area contributed by atoms with E-state index in [0.717, 1.165) is 5.56 Å². The normalized spacial score (nSPS) is 10.5. The smallest absolute Gasteiger partial charge is 0.311 e. The number of aryl methyl sites for hydroxylation is 1. The summed E-state index contributed by atoms with van der Waals surface area (Å²) in [5.41, 5.74) is 3.41. The van der Waals surface area contributed by atoms with Gasteiger partial charge in [-0.25, -0.2) is 5.43 Å². The van der Waals surface area contributed by atoms with Crippen LogP contribution in [0.3, 0.4) is 0 Å². The fraction of sp³-hybridized carbons (Fsp3) is 0.222. The average molecular weight is 373 g/mol. The Balaban J connectivity index is 1.97. The molecule has 0 unspecified atom stereocenters. The molecule has 0 aromatic heterocycles. The highest BCUT2D eigenvalue weighted by molar-refractivity contribution is 5.86. The minimum Gasteiger partial charge on any atom is -0.497 e. The van der Waals surface area contributed by atoms with Crippen molar-refractivity contribution in [2.24, 2.45) is 5.10 Å². The molecule has 142 valence electrons. The summed E-state index contributed by atoms with van der Waals surface area (Å²) in [6.07, 6.45) is 1.40. The highest BCUT2D eigenvalue weighted by atomic mass is 16.6. The SMILES string of the molecule is COc1ccc(OC)c(/C=N/NC(=O)COc2ccc(C)cc2[N+](=O)[O-])c1. The minimum atomic E-state index is -0.567. The number of benzene rings is 2. The molecule has 0 radical (unpaired) electrons. The Morgan fingerprint density at radius 1 is 1.19 bits per heavy atom. The van der Waals surface area contributed by atoms with Crippen LogP contribution in [0.25, 0.3) is 0 Å². The summed E-state index contributed by atoms with van der Waals surface area (Å²) in [6, 6.07) is 9.62. The van der Waals surface area contributed by atoms with Gasteiger partial charge in [0.25, 0.3) is 5.91 Å². The Bertz CT molecular complexity index is 866. The van der Waals surface area contributed by atoms with Gasteiger partial charge in [-0.1, -0.05) is 6.07 Å². The van der Waals surface area contributed by atoms with E-state index in [4.69, 9.17) is 14.2 Å². The third-order valence-electron chi connectivity index (χ3n) is 3.50. The molecule has 0 aliphatic heterocycles. The molecule has 1 amide bonds. The fourth-order valence-corrected chi connectivity index (χ4v) is 2.18. The molecule has 0 atom stereocenters. The van der Waals surface area contributed by atoms with Gasteiger partial charge < -0.3 is 14.2 Å². The molecule has 0 aliphatic rings. The Hall–Kier alpha value is -3.62. The predicted molar refractivity (Wildman–Crippen MR) is 98.6 cm³/mol. The zero-order valence-corrected chi connectivity index (χ0v) is 15.1. The van der Waals surface area contributed by atoms with Crippen molar-refractivity contribution < 1.29 is 23.9 Å². The van der Waals surface area contributed by atoms with Crippen molar-refractivity contribution in [3.63, 3.8) is 0 Å². The predicted octanol–water partition coefficient (Wildman–Crippen LogP) is 2.45. The van der Waals surface area contributed by atoms with Crippen molar-refractivity contribution in [1.82, 2.24) is 5.43 Å². The second-order valence-electron chi connectivity index (χ2n) is 5.42. The first-order chi connectivity index (χ1) is 12.9. The van der Waals surface area contributed by atoms with Gasteiger partial charge in [-0.15, -0.1) is 0 Å². The van der Waals surface area contributed by atoms with Crippen LogP contribution in [0.2, 0.25) is 0 Å². The first-order valence-corrected chi connectivity index (χ1v) is 7.86. The maximum Gasteiger partial charge on any atom is 0.311 e. The summed E-state index contributed by atoms with van der Waals surface area (Å²) < 4.78 is 15.6. The van der Waals surface area contributed by atoms with E-state index in [2.05, 4.69) is 10.5 Å². The van der Waals surface area contributed by atoms with Gasteiger partial charge in [-0.2, -0.15) is 5.10 Å². The van der Waals surface area contributed by atoms with Gasteiger partial charge >= 0.3 is 5.69 Å². The summed E-state index contributed by atoms with van der Waals surface area (Å²) in [6.45, 7) is 1.31. The third kappa shape index (κ3) is 5.43. The number of rotatable bonds is 8. The van der Waals surface area contributed by atoms with E-state index in [1.165, 1.54) is 32.6 Å². The number of amides is 1. The first kappa shape index (κ1) is 19.7. The zero-order chi connectivity index (χ0) is 19.8. The Kier molecular flexibility index (Phi) is 6.70. The van der Waals surface area contributed by atoms with Crippen LogP contribution in [0, 0.1) is 17.0 Å². The van der Waals surface area contributed by atoms with Gasteiger partial charge in [-0.3, -0.25) is 14.9 Å². The maximum absolute atomic E-state index is 11.9. The van der Waals surface area contributed by atoms with Crippen molar-refractivity contribution in [2.45, 2.75) is 6.92 Å². The van der Waals surface area contributed by atoms with Gasteiger partial charge in [0.05, 0.1) is 25.4 Å². The van der Waals surface area contributed by atoms with Crippen LogP contribution in [0.5, 0.6) is 17.2 Å². The van der Waals surface area contributed by atoms with Crippen LogP contribution in [-0.2, 0) is 4.79 Å². The fourth-order valence-electron chi connectivity index (χ4n) is 2.18. The summed E-state index contributed by atoms with van der Waals surface area (Å²) in [5.74, 6) is 0.612. The number of hydrogen-bond donors (Lipinski definition) is 1. The van der Waals surface area contributed by atoms with E-state index in [1.54, 1.807) is 31.2 Å². The van der Waals surface area contributed by atoms with Gasteiger partial charge in [0.1, 0.15) is 11.5 Å². The summed E-state index contributed by atoms with van der Waals surface area (Å²) >= 11 is 0. The van der Waals surface area contributed by atoms with Crippen molar-refractivity contribution in [1.29, 1.82) is 0 Å². The number of nitrogens with zero attached hydrogens (tertiary/aromatic N) is 2. The monoisotopic (exact) mass is 373 g/mol. The van der Waals surface area contributed by atoms with E-state index in [-0.39, 0.29) is 11.4 Å². The van der Waals surface area contributed by atoms with Gasteiger partial charge in [-0.05, 0) is 36.8 Å². The molecule has 0 aliphatic carbocycles. The molecule has 2 aromatic carbocycles. The van der Waals surface area contributed by atoms with E-state index >= 15 is 0 Å². The van der Waals surface area contributed by atoms with Crippen LogP contribution < -0.4 is 19.6 Å². The Morgan fingerprint density at radius 3 is 2.59 bits per heavy atom. The molecule has 0 fully saturated rings. The van der Waals surface area contributed by atoms with Crippen LogP contribution >= 0.6 is 0 Å². The van der Waals surface area contributed by atoms with Crippen molar-refractivity contribution in [3.8, 4) is 17.2 Å². The number of carbonyl (C=O) groups is 1. The molecule has 0 saturated heterocycles. The van der Waals surface area contributed by atoms with Crippen LogP contribution in [0.15, 0.2) is 41.5 Å². The van der Waals surface area contributed by atoms with E-state index < -0.39 is 17.4 Å². The van der Waals surface area contributed by atoms with E-state index in [9.17, 15) is 14.9 Å². The van der Waals surface area contributed by atoms with Crippen molar-refractivity contribution >= 4 is 17.8 Å². The number of ether oxygens (including phenoxy) is 3. The Morgan fingerprint density at radius 2 is 1.93 bits per heavy atom. The van der Waals surface area contributed by atoms with Crippen LogP contribution in [-0.4, -0.2) is 37.9 Å². The largest absolute Gasteiger partial charge is 0.497 e. The average Bonchev–Trinajstić information content (AvgIpc) is 2.66. The minimum absolute atomic E-state index is 0.0131. The number of nitro groups is 1. The molecule has 27 heavy (non-hydrogen) atoms. The molecule has 9 heteroatoms. The summed E-state index contributed by atoms with van der Waals surface area (Å²) in [7, 11) is 3.05. The van der Waals surface area contributed by atoms with Crippen LogP contribution in [0.4, 0.5) is 5.69 Å². The number of hydrogen-bond acceptors (Lipinski definition) is 7. The standard InChI is InChI=1S/C18H19N3O6/c1-12-4-6-17(15(8-12)21(23)24)27-11-18(22)20-19-10-13-9-14(25-2)5-7-16(13)26-3/h4-10H,11H2,1-3H3,(H,20,22)/b19-10+. The lowest BCUT2D eigenvalue weighted by Gasteiger charge is -2.07. The van der Waals surface area contributed by atoms with Crippen molar-refractivity contribution in [3.05, 3.63) is 57.6 Å². The number of nitro benzene ring substituents is 1. The van der Waals surface area contributed by atoms with E-state index in [0.29, 0.717) is 17.1 Å². The zero-order valence-electron chi connectivity index (χ0n) is 15.1. The number of carbonyl (C=O) groups excluding carboxylic acids is 1. The van der Waals surface area contributed by atoms with Crippen molar-refractivity contribution in [2.75, 3.05) is 20.8 Å². The van der Waals surface area contributed by atoms with E-state index in [1.807, 2.05) is 0 Å². The lowest BCUT2D eigenvalue weighted by atomic mass is 10.2. The number of hydrazone groups is 1. The number of nitrogens with one attached hydrogen (secondary N) is 1. The second kappa shape index (κ2) is 9.18. The maximum atomic E-state index is 11.9. The molecule has 0 bridgehead atoms. The number of methoxy groups -OCH3 is 2. The highest BCUT2D eigenvalue weighted by Crippen LogP contribution is 2.27. The molecule has 9 nitrogen and oxygen atoms in total. The topological polar surface area (TPSA) is 112 Å². The lowest BCUT2D eigenvalue weighted by Crippen LogP contribution is -2.24. The molecule has 1 N–H and O–H groups in total. The van der Waals surface area contributed by atoms with Gasteiger partial charge in [0.15, 0.2) is 12.4 Å². The molecule has 0 spiro atoms. The Labute approximate surface area is 155 Å². The second-order valence-corrected chi connectivity index (χ2v) is 5.42. The molecule has 2 aromatic rings. The molecule has 2 rings (SSSR count). The molecule has 0 heterocycles. The highest BCUT2D eigenvalue weighted by Gasteiger charge is 2.16. The molecular formula is C18H19N3O6. The molecular weight excluding hydrogens is 354 g/mol. The van der Waals surface area contributed by atoms with Gasteiger partial charge in [0.2, 0.25) is 0 Å².